The van der Waals surface area contributed by atoms with Crippen molar-refractivity contribution in [1.82, 2.24) is 0 Å². The molecule has 0 radical (unpaired) electrons. The van der Waals surface area contributed by atoms with Crippen LogP contribution in [0.25, 0.3) is 0 Å². The molecule has 1 aromatic rings. The van der Waals surface area contributed by atoms with Gasteiger partial charge in [0.25, 0.3) is 0 Å². The molecular weight excluding hydrogens is 270 g/mol. The minimum absolute atomic E-state index is 0.307. The lowest BCUT2D eigenvalue weighted by molar-refractivity contribution is 0.0985. The number of carbonyl (C=O) groups excluding carboxylic acids is 1. The van der Waals surface area contributed by atoms with Crippen molar-refractivity contribution in [3.63, 3.8) is 0 Å². The fourth-order valence-corrected chi connectivity index (χ4v) is 2.30. The number of morpholine rings is 1. The number of anilines is 1. The molecule has 1 unspecified atom stereocenters. The number of halogens is 1. The number of hydrogen-bond acceptors (Lipinski definition) is 3. The Bertz CT molecular complexity index is 395. The number of rotatable bonds is 2. The number of nitrogens with zero attached hydrogens (tertiary/aromatic N) is 1. The van der Waals surface area contributed by atoms with Crippen molar-refractivity contribution >= 4 is 27.9 Å². The maximum atomic E-state index is 11.0. The maximum Gasteiger partial charge on any atom is 0.152 e. The van der Waals surface area contributed by atoms with E-state index in [0.29, 0.717) is 12.6 Å². The Labute approximate surface area is 104 Å². The van der Waals surface area contributed by atoms with E-state index in [0.717, 1.165) is 35.2 Å². The Morgan fingerprint density at radius 1 is 1.56 bits per heavy atom. The highest BCUT2D eigenvalue weighted by Gasteiger charge is 2.21. The minimum atomic E-state index is 0.307. The maximum absolute atomic E-state index is 11.0. The lowest BCUT2D eigenvalue weighted by Crippen LogP contribution is -2.44. The van der Waals surface area contributed by atoms with Gasteiger partial charge in [-0.25, -0.2) is 0 Å². The van der Waals surface area contributed by atoms with Crippen LogP contribution in [0.15, 0.2) is 22.7 Å². The highest BCUT2D eigenvalue weighted by Crippen LogP contribution is 2.26. The summed E-state index contributed by atoms with van der Waals surface area (Å²) < 4.78 is 6.39. The van der Waals surface area contributed by atoms with Crippen LogP contribution in [0.2, 0.25) is 0 Å². The fourth-order valence-electron chi connectivity index (χ4n) is 1.95. The van der Waals surface area contributed by atoms with Gasteiger partial charge in [0.15, 0.2) is 6.29 Å². The molecule has 0 aliphatic carbocycles. The largest absolute Gasteiger partial charge is 0.377 e. The molecule has 2 rings (SSSR count). The van der Waals surface area contributed by atoms with Crippen LogP contribution in [0, 0.1) is 0 Å². The molecule has 0 spiro atoms. The van der Waals surface area contributed by atoms with E-state index in [2.05, 4.69) is 27.8 Å². The van der Waals surface area contributed by atoms with Gasteiger partial charge in [0, 0.05) is 28.3 Å². The topological polar surface area (TPSA) is 29.5 Å². The summed E-state index contributed by atoms with van der Waals surface area (Å²) in [5.74, 6) is 0. The van der Waals surface area contributed by atoms with Crippen LogP contribution in [-0.2, 0) is 4.74 Å². The third-order valence-electron chi connectivity index (χ3n) is 2.80. The smallest absolute Gasteiger partial charge is 0.152 e. The molecule has 0 aromatic heterocycles. The van der Waals surface area contributed by atoms with Crippen LogP contribution in [0.4, 0.5) is 5.69 Å². The van der Waals surface area contributed by atoms with Crippen LogP contribution >= 0.6 is 15.9 Å². The van der Waals surface area contributed by atoms with Crippen LogP contribution in [0.3, 0.4) is 0 Å². The highest BCUT2D eigenvalue weighted by molar-refractivity contribution is 9.10. The molecule has 3 nitrogen and oxygen atoms in total. The second-order valence-electron chi connectivity index (χ2n) is 3.94. The molecule has 1 saturated heterocycles. The van der Waals surface area contributed by atoms with Gasteiger partial charge in [-0.2, -0.15) is 0 Å². The molecule has 0 amide bonds. The van der Waals surface area contributed by atoms with Crippen molar-refractivity contribution in [3.05, 3.63) is 28.2 Å². The zero-order valence-electron chi connectivity index (χ0n) is 9.15. The van der Waals surface area contributed by atoms with E-state index in [-0.39, 0.29) is 0 Å². The normalized spacial score (nSPS) is 20.9. The SMILES string of the molecule is CC1COCCN1c1cc(Br)ccc1C=O. The first-order valence-corrected chi connectivity index (χ1v) is 6.11. The zero-order chi connectivity index (χ0) is 11.5. The van der Waals surface area contributed by atoms with Crippen molar-refractivity contribution in [2.75, 3.05) is 24.7 Å². The standard InChI is InChI=1S/C12H14BrNO2/c1-9-8-16-5-4-14(9)12-6-11(13)3-2-10(12)7-15/h2-3,6-7,9H,4-5,8H2,1H3. The number of hydrogen-bond donors (Lipinski definition) is 0. The molecule has 1 atom stereocenters. The Kier molecular flexibility index (Phi) is 3.61. The first-order valence-electron chi connectivity index (χ1n) is 5.31. The Morgan fingerprint density at radius 2 is 2.38 bits per heavy atom. The molecule has 4 heteroatoms. The summed E-state index contributed by atoms with van der Waals surface area (Å²) in [4.78, 5) is 13.2. The monoisotopic (exact) mass is 283 g/mol. The summed E-state index contributed by atoms with van der Waals surface area (Å²) >= 11 is 3.44. The van der Waals surface area contributed by atoms with Crippen molar-refractivity contribution in [2.24, 2.45) is 0 Å². The zero-order valence-corrected chi connectivity index (χ0v) is 10.7. The minimum Gasteiger partial charge on any atom is -0.377 e. The molecule has 0 N–H and O–H groups in total. The van der Waals surface area contributed by atoms with Gasteiger partial charge in [0.05, 0.1) is 13.2 Å². The fraction of sp³-hybridized carbons (Fsp3) is 0.417. The quantitative estimate of drug-likeness (QED) is 0.781. The molecule has 1 fully saturated rings. The summed E-state index contributed by atoms with van der Waals surface area (Å²) in [6.07, 6.45) is 0.907. The van der Waals surface area contributed by atoms with E-state index >= 15 is 0 Å². The van der Waals surface area contributed by atoms with Crippen LogP contribution in [-0.4, -0.2) is 32.1 Å². The van der Waals surface area contributed by atoms with Gasteiger partial charge in [-0.3, -0.25) is 4.79 Å². The second-order valence-corrected chi connectivity index (χ2v) is 4.85. The molecule has 86 valence electrons. The van der Waals surface area contributed by atoms with E-state index in [4.69, 9.17) is 4.74 Å². The molecule has 0 saturated carbocycles. The third kappa shape index (κ3) is 2.28. The van der Waals surface area contributed by atoms with E-state index in [1.54, 1.807) is 0 Å². The third-order valence-corrected chi connectivity index (χ3v) is 3.29. The van der Waals surface area contributed by atoms with Gasteiger partial charge >= 0.3 is 0 Å². The number of ether oxygens (including phenoxy) is 1. The summed E-state index contributed by atoms with van der Waals surface area (Å²) in [7, 11) is 0. The lowest BCUT2D eigenvalue weighted by Gasteiger charge is -2.36. The number of aldehydes is 1. The molecule has 0 bridgehead atoms. The first kappa shape index (κ1) is 11.6. The van der Waals surface area contributed by atoms with E-state index in [9.17, 15) is 4.79 Å². The molecule has 1 aromatic carbocycles. The number of benzene rings is 1. The average molecular weight is 284 g/mol. The summed E-state index contributed by atoms with van der Waals surface area (Å²) in [5, 5.41) is 0. The van der Waals surface area contributed by atoms with Crippen molar-refractivity contribution < 1.29 is 9.53 Å². The predicted octanol–water partition coefficient (Wildman–Crippen LogP) is 2.49. The van der Waals surface area contributed by atoms with Crippen molar-refractivity contribution in [3.8, 4) is 0 Å². The Balaban J connectivity index is 2.36. The molecule has 1 aliphatic rings. The highest BCUT2D eigenvalue weighted by atomic mass is 79.9. The van der Waals surface area contributed by atoms with Gasteiger partial charge in [-0.15, -0.1) is 0 Å². The Hall–Kier alpha value is -0.870. The van der Waals surface area contributed by atoms with Crippen LogP contribution in [0.5, 0.6) is 0 Å². The van der Waals surface area contributed by atoms with E-state index in [1.165, 1.54) is 0 Å². The van der Waals surface area contributed by atoms with Crippen LogP contribution in [0.1, 0.15) is 17.3 Å². The first-order chi connectivity index (χ1) is 7.72. The van der Waals surface area contributed by atoms with Gasteiger partial charge in [0.2, 0.25) is 0 Å². The van der Waals surface area contributed by atoms with Gasteiger partial charge in [-0.1, -0.05) is 15.9 Å². The van der Waals surface area contributed by atoms with Crippen LogP contribution < -0.4 is 4.90 Å². The van der Waals surface area contributed by atoms with Crippen molar-refractivity contribution in [2.45, 2.75) is 13.0 Å². The lowest BCUT2D eigenvalue weighted by atomic mass is 10.1. The van der Waals surface area contributed by atoms with Gasteiger partial charge in [0.1, 0.15) is 0 Å². The van der Waals surface area contributed by atoms with E-state index in [1.807, 2.05) is 18.2 Å². The summed E-state index contributed by atoms with van der Waals surface area (Å²) in [6, 6.07) is 6.03. The summed E-state index contributed by atoms with van der Waals surface area (Å²) in [6.45, 7) is 4.37. The molecule has 1 heterocycles. The average Bonchev–Trinajstić information content (AvgIpc) is 2.29. The predicted molar refractivity (Wildman–Crippen MR) is 67.2 cm³/mol. The number of carbonyl (C=O) groups is 1. The Morgan fingerprint density at radius 3 is 3.06 bits per heavy atom. The van der Waals surface area contributed by atoms with Gasteiger partial charge < -0.3 is 9.64 Å². The second kappa shape index (κ2) is 4.97. The molecular formula is C12H14BrNO2. The molecule has 1 aliphatic heterocycles. The van der Waals surface area contributed by atoms with Gasteiger partial charge in [-0.05, 0) is 25.1 Å². The van der Waals surface area contributed by atoms with Crippen molar-refractivity contribution in [1.29, 1.82) is 0 Å². The summed E-state index contributed by atoms with van der Waals surface area (Å²) in [5.41, 5.74) is 1.72. The van der Waals surface area contributed by atoms with E-state index < -0.39 is 0 Å². The molecule has 16 heavy (non-hydrogen) atoms.